The van der Waals surface area contributed by atoms with Gasteiger partial charge in [0.05, 0.1) is 5.69 Å². The van der Waals surface area contributed by atoms with Gasteiger partial charge in [-0.15, -0.1) is 11.3 Å². The molecule has 3 rings (SSSR count). The lowest BCUT2D eigenvalue weighted by atomic mass is 10.1. The fourth-order valence-corrected chi connectivity index (χ4v) is 3.01. The summed E-state index contributed by atoms with van der Waals surface area (Å²) < 4.78 is 0. The van der Waals surface area contributed by atoms with Gasteiger partial charge >= 0.3 is 0 Å². The molecule has 1 atom stereocenters. The minimum absolute atomic E-state index is 0.0571. The van der Waals surface area contributed by atoms with Crippen molar-refractivity contribution in [2.45, 2.75) is 13.0 Å². The Bertz CT molecular complexity index is 692. The molecule has 0 amide bonds. The van der Waals surface area contributed by atoms with E-state index in [-0.39, 0.29) is 6.04 Å². The standard InChI is InChI=1S/C15H14N4S/c1-10(16)14-13(12-3-2-6-18-9-12)19-15(20-14)11-4-7-17-8-5-11/h2-10H,16H2,1H3. The van der Waals surface area contributed by atoms with Gasteiger partial charge in [0, 0.05) is 46.8 Å². The minimum Gasteiger partial charge on any atom is -0.323 e. The van der Waals surface area contributed by atoms with Gasteiger partial charge in [-0.05, 0) is 31.2 Å². The summed E-state index contributed by atoms with van der Waals surface area (Å²) in [6, 6.07) is 7.77. The molecule has 0 aliphatic heterocycles. The molecule has 100 valence electrons. The van der Waals surface area contributed by atoms with Gasteiger partial charge in [0.15, 0.2) is 0 Å². The molecule has 0 bridgehead atoms. The van der Waals surface area contributed by atoms with Crippen LogP contribution in [-0.4, -0.2) is 15.0 Å². The molecule has 4 nitrogen and oxygen atoms in total. The highest BCUT2D eigenvalue weighted by atomic mass is 32.1. The Labute approximate surface area is 121 Å². The Hall–Kier alpha value is -2.11. The summed E-state index contributed by atoms with van der Waals surface area (Å²) in [6.45, 7) is 1.98. The Balaban J connectivity index is 2.13. The van der Waals surface area contributed by atoms with Gasteiger partial charge in [-0.1, -0.05) is 0 Å². The van der Waals surface area contributed by atoms with Crippen molar-refractivity contribution in [3.05, 3.63) is 53.9 Å². The van der Waals surface area contributed by atoms with Crippen LogP contribution < -0.4 is 5.73 Å². The van der Waals surface area contributed by atoms with Gasteiger partial charge in [0.1, 0.15) is 5.01 Å². The van der Waals surface area contributed by atoms with Crippen LogP contribution in [-0.2, 0) is 0 Å². The van der Waals surface area contributed by atoms with Crippen molar-refractivity contribution < 1.29 is 0 Å². The lowest BCUT2D eigenvalue weighted by Gasteiger charge is -2.04. The fourth-order valence-electron chi connectivity index (χ4n) is 1.97. The van der Waals surface area contributed by atoms with Crippen LogP contribution in [0.2, 0.25) is 0 Å². The fraction of sp³-hybridized carbons (Fsp3) is 0.133. The summed E-state index contributed by atoms with van der Waals surface area (Å²) in [5, 5.41) is 0.957. The Kier molecular flexibility index (Phi) is 3.54. The van der Waals surface area contributed by atoms with Crippen molar-refractivity contribution in [2.75, 3.05) is 0 Å². The maximum Gasteiger partial charge on any atom is 0.124 e. The first-order chi connectivity index (χ1) is 9.75. The van der Waals surface area contributed by atoms with Gasteiger partial charge in [0.2, 0.25) is 0 Å². The molecule has 3 heterocycles. The van der Waals surface area contributed by atoms with Crippen LogP contribution in [0.25, 0.3) is 21.8 Å². The third kappa shape index (κ3) is 2.45. The Morgan fingerprint density at radius 2 is 1.85 bits per heavy atom. The summed E-state index contributed by atoms with van der Waals surface area (Å²) in [5.74, 6) is 0. The highest BCUT2D eigenvalue weighted by molar-refractivity contribution is 7.15. The molecule has 3 aromatic heterocycles. The number of nitrogens with two attached hydrogens (primary N) is 1. The molecule has 3 aromatic rings. The maximum absolute atomic E-state index is 6.08. The zero-order chi connectivity index (χ0) is 13.9. The van der Waals surface area contributed by atoms with Gasteiger partial charge < -0.3 is 5.73 Å². The second-order valence-corrected chi connectivity index (χ2v) is 5.53. The van der Waals surface area contributed by atoms with E-state index in [2.05, 4.69) is 9.97 Å². The van der Waals surface area contributed by atoms with Crippen molar-refractivity contribution in [1.29, 1.82) is 0 Å². The smallest absolute Gasteiger partial charge is 0.124 e. The molecule has 0 saturated carbocycles. The number of pyridine rings is 2. The van der Waals surface area contributed by atoms with Crippen molar-refractivity contribution in [3.63, 3.8) is 0 Å². The van der Waals surface area contributed by atoms with Crippen molar-refractivity contribution in [3.8, 4) is 21.8 Å². The van der Waals surface area contributed by atoms with E-state index in [1.54, 1.807) is 29.9 Å². The quantitative estimate of drug-likeness (QED) is 0.800. The second-order valence-electron chi connectivity index (χ2n) is 4.50. The van der Waals surface area contributed by atoms with E-state index < -0.39 is 0 Å². The predicted molar refractivity (Wildman–Crippen MR) is 81.2 cm³/mol. The molecule has 0 aromatic carbocycles. The molecule has 0 aliphatic rings. The summed E-state index contributed by atoms with van der Waals surface area (Å²) in [4.78, 5) is 14.0. The van der Waals surface area contributed by atoms with Crippen LogP contribution in [0.1, 0.15) is 17.8 Å². The van der Waals surface area contributed by atoms with Gasteiger partial charge in [-0.2, -0.15) is 0 Å². The van der Waals surface area contributed by atoms with E-state index in [1.807, 2.05) is 37.4 Å². The third-order valence-corrected chi connectivity index (χ3v) is 4.23. The molecular weight excluding hydrogens is 268 g/mol. The van der Waals surface area contributed by atoms with Gasteiger partial charge in [0.25, 0.3) is 0 Å². The summed E-state index contributed by atoms with van der Waals surface area (Å²) in [7, 11) is 0. The number of thiazole rings is 1. The van der Waals surface area contributed by atoms with Crippen LogP contribution in [0.3, 0.4) is 0 Å². The van der Waals surface area contributed by atoms with Crippen LogP contribution >= 0.6 is 11.3 Å². The molecule has 20 heavy (non-hydrogen) atoms. The summed E-state index contributed by atoms with van der Waals surface area (Å²) in [5.41, 5.74) is 9.06. The number of aromatic nitrogens is 3. The molecule has 0 radical (unpaired) electrons. The molecule has 0 fully saturated rings. The van der Waals surface area contributed by atoms with E-state index in [1.165, 1.54) is 0 Å². The molecule has 5 heteroatoms. The van der Waals surface area contributed by atoms with Gasteiger partial charge in [-0.3, -0.25) is 9.97 Å². The number of hydrogen-bond acceptors (Lipinski definition) is 5. The zero-order valence-corrected chi connectivity index (χ0v) is 11.8. The first-order valence-electron chi connectivity index (χ1n) is 6.33. The SMILES string of the molecule is CC(N)c1sc(-c2ccncc2)nc1-c1cccnc1. The van der Waals surface area contributed by atoms with Crippen LogP contribution in [0.4, 0.5) is 0 Å². The maximum atomic E-state index is 6.08. The molecule has 1 unspecified atom stereocenters. The number of hydrogen-bond donors (Lipinski definition) is 1. The lowest BCUT2D eigenvalue weighted by molar-refractivity contribution is 0.837. The van der Waals surface area contributed by atoms with Crippen molar-refractivity contribution >= 4 is 11.3 Å². The van der Waals surface area contributed by atoms with Crippen molar-refractivity contribution in [1.82, 2.24) is 15.0 Å². The highest BCUT2D eigenvalue weighted by Gasteiger charge is 2.17. The van der Waals surface area contributed by atoms with E-state index in [4.69, 9.17) is 10.7 Å². The summed E-state index contributed by atoms with van der Waals surface area (Å²) in [6.07, 6.45) is 7.11. The molecule has 2 N–H and O–H groups in total. The van der Waals surface area contributed by atoms with Crippen LogP contribution in [0.15, 0.2) is 49.1 Å². The summed E-state index contributed by atoms with van der Waals surface area (Å²) >= 11 is 1.62. The monoisotopic (exact) mass is 282 g/mol. The van der Waals surface area contributed by atoms with Crippen LogP contribution in [0.5, 0.6) is 0 Å². The average molecular weight is 282 g/mol. The Morgan fingerprint density at radius 1 is 1.05 bits per heavy atom. The third-order valence-electron chi connectivity index (χ3n) is 2.93. The number of nitrogens with zero attached hydrogens (tertiary/aromatic N) is 3. The molecular formula is C15H14N4S. The minimum atomic E-state index is -0.0571. The van der Waals surface area contributed by atoms with E-state index in [0.717, 1.165) is 26.7 Å². The van der Waals surface area contributed by atoms with E-state index in [9.17, 15) is 0 Å². The van der Waals surface area contributed by atoms with Crippen molar-refractivity contribution in [2.24, 2.45) is 5.73 Å². The number of rotatable bonds is 3. The molecule has 0 aliphatic carbocycles. The van der Waals surface area contributed by atoms with Gasteiger partial charge in [-0.25, -0.2) is 4.98 Å². The first-order valence-corrected chi connectivity index (χ1v) is 7.14. The lowest BCUT2D eigenvalue weighted by Crippen LogP contribution is -2.04. The largest absolute Gasteiger partial charge is 0.323 e. The average Bonchev–Trinajstić information content (AvgIpc) is 2.94. The molecule has 0 saturated heterocycles. The predicted octanol–water partition coefficient (Wildman–Crippen LogP) is 3.29. The van der Waals surface area contributed by atoms with E-state index in [0.29, 0.717) is 0 Å². The molecule has 0 spiro atoms. The highest BCUT2D eigenvalue weighted by Crippen LogP contribution is 2.36. The Morgan fingerprint density at radius 3 is 2.50 bits per heavy atom. The normalized spacial score (nSPS) is 12.3. The zero-order valence-electron chi connectivity index (χ0n) is 11.0. The van der Waals surface area contributed by atoms with Crippen LogP contribution in [0, 0.1) is 0 Å². The topological polar surface area (TPSA) is 64.7 Å². The second kappa shape index (κ2) is 5.48. The van der Waals surface area contributed by atoms with E-state index >= 15 is 0 Å². The first kappa shape index (κ1) is 12.9.